The minimum absolute atomic E-state index is 0.738. The molecule has 0 spiro atoms. The zero-order valence-electron chi connectivity index (χ0n) is 10.8. The van der Waals surface area contributed by atoms with Crippen molar-refractivity contribution in [2.75, 3.05) is 5.75 Å². The summed E-state index contributed by atoms with van der Waals surface area (Å²) in [6.07, 6.45) is 3.73. The molecular formula is C14H16ClN3S. The van der Waals surface area contributed by atoms with Gasteiger partial charge in [0.1, 0.15) is 0 Å². The topological polar surface area (TPSA) is 37.8 Å². The fourth-order valence-electron chi connectivity index (χ4n) is 1.62. The van der Waals surface area contributed by atoms with E-state index in [0.717, 1.165) is 40.1 Å². The molecule has 0 saturated carbocycles. The molecule has 1 N–H and O–H groups in total. The number of nitrogens with zero attached hydrogens (tertiary/aromatic N) is 2. The van der Waals surface area contributed by atoms with Crippen molar-refractivity contribution in [3.63, 3.8) is 0 Å². The van der Waals surface area contributed by atoms with Crippen LogP contribution >= 0.6 is 23.4 Å². The predicted octanol–water partition coefficient (Wildman–Crippen LogP) is 3.53. The van der Waals surface area contributed by atoms with Gasteiger partial charge in [0, 0.05) is 36.1 Å². The van der Waals surface area contributed by atoms with Crippen LogP contribution in [0.25, 0.3) is 0 Å². The molecule has 0 saturated heterocycles. The van der Waals surface area contributed by atoms with Crippen molar-refractivity contribution in [3.05, 3.63) is 52.8 Å². The van der Waals surface area contributed by atoms with Crippen LogP contribution in [0.15, 0.2) is 41.8 Å². The van der Waals surface area contributed by atoms with E-state index in [2.05, 4.69) is 22.2 Å². The molecule has 0 amide bonds. The Morgan fingerprint density at radius 3 is 2.58 bits per heavy atom. The molecule has 19 heavy (non-hydrogen) atoms. The summed E-state index contributed by atoms with van der Waals surface area (Å²) in [5, 5.41) is 4.96. The molecule has 1 heterocycles. The van der Waals surface area contributed by atoms with E-state index in [1.807, 2.05) is 36.7 Å². The van der Waals surface area contributed by atoms with Crippen LogP contribution in [-0.2, 0) is 13.1 Å². The van der Waals surface area contributed by atoms with Crippen LogP contribution in [-0.4, -0.2) is 15.7 Å². The van der Waals surface area contributed by atoms with Crippen LogP contribution < -0.4 is 5.32 Å². The highest BCUT2D eigenvalue weighted by Gasteiger charge is 2.00. The van der Waals surface area contributed by atoms with Crippen molar-refractivity contribution < 1.29 is 0 Å². The molecule has 1 aromatic carbocycles. The first-order chi connectivity index (χ1) is 9.29. The van der Waals surface area contributed by atoms with E-state index in [1.54, 1.807) is 11.8 Å². The Labute approximate surface area is 122 Å². The molecule has 5 heteroatoms. The van der Waals surface area contributed by atoms with E-state index < -0.39 is 0 Å². The van der Waals surface area contributed by atoms with Crippen LogP contribution in [0.3, 0.4) is 0 Å². The van der Waals surface area contributed by atoms with Gasteiger partial charge in [-0.3, -0.25) is 0 Å². The van der Waals surface area contributed by atoms with Gasteiger partial charge in [-0.1, -0.05) is 48.5 Å². The van der Waals surface area contributed by atoms with Crippen molar-refractivity contribution in [2.24, 2.45) is 0 Å². The zero-order chi connectivity index (χ0) is 13.5. The molecule has 2 aromatic rings. The van der Waals surface area contributed by atoms with Crippen molar-refractivity contribution in [1.82, 2.24) is 15.3 Å². The number of benzene rings is 1. The van der Waals surface area contributed by atoms with Gasteiger partial charge in [0.2, 0.25) is 0 Å². The number of hydrogen-bond donors (Lipinski definition) is 1. The number of aromatic nitrogens is 2. The number of rotatable bonds is 6. The average Bonchev–Trinajstić information content (AvgIpc) is 2.43. The molecule has 3 nitrogen and oxygen atoms in total. The largest absolute Gasteiger partial charge is 0.308 e. The molecular weight excluding hydrogens is 278 g/mol. The van der Waals surface area contributed by atoms with Crippen molar-refractivity contribution >= 4 is 23.4 Å². The lowest BCUT2D eigenvalue weighted by Crippen LogP contribution is -2.13. The van der Waals surface area contributed by atoms with Crippen LogP contribution in [0.2, 0.25) is 5.02 Å². The first-order valence-corrected chi connectivity index (χ1v) is 7.53. The summed E-state index contributed by atoms with van der Waals surface area (Å²) >= 11 is 7.74. The van der Waals surface area contributed by atoms with Crippen molar-refractivity contribution in [2.45, 2.75) is 25.2 Å². The Balaban J connectivity index is 1.84. The third kappa shape index (κ3) is 4.49. The number of halogens is 1. The fraction of sp³-hybridized carbons (Fsp3) is 0.286. The highest BCUT2D eigenvalue weighted by molar-refractivity contribution is 7.99. The van der Waals surface area contributed by atoms with E-state index in [0.29, 0.717) is 0 Å². The molecule has 0 aliphatic rings. The van der Waals surface area contributed by atoms with E-state index >= 15 is 0 Å². The van der Waals surface area contributed by atoms with E-state index in [-0.39, 0.29) is 0 Å². The monoisotopic (exact) mass is 293 g/mol. The molecule has 0 unspecified atom stereocenters. The highest BCUT2D eigenvalue weighted by atomic mass is 35.5. The lowest BCUT2D eigenvalue weighted by Gasteiger charge is -2.06. The molecule has 1 aromatic heterocycles. The van der Waals surface area contributed by atoms with E-state index in [4.69, 9.17) is 11.6 Å². The molecule has 2 rings (SSSR count). The average molecular weight is 294 g/mol. The number of nitrogens with one attached hydrogen (secondary N) is 1. The molecule has 0 aliphatic heterocycles. The van der Waals surface area contributed by atoms with Crippen molar-refractivity contribution in [3.8, 4) is 0 Å². The molecule has 0 atom stereocenters. The summed E-state index contributed by atoms with van der Waals surface area (Å²) in [5.41, 5.74) is 2.18. The minimum Gasteiger partial charge on any atom is -0.308 e. The summed E-state index contributed by atoms with van der Waals surface area (Å²) in [6.45, 7) is 3.57. The Morgan fingerprint density at radius 2 is 1.89 bits per heavy atom. The van der Waals surface area contributed by atoms with Crippen molar-refractivity contribution in [1.29, 1.82) is 0 Å². The van der Waals surface area contributed by atoms with E-state index in [9.17, 15) is 0 Å². The van der Waals surface area contributed by atoms with Crippen LogP contribution in [0.5, 0.6) is 0 Å². The van der Waals surface area contributed by atoms with Gasteiger partial charge in [-0.2, -0.15) is 0 Å². The van der Waals surface area contributed by atoms with Gasteiger partial charge in [-0.15, -0.1) is 0 Å². The summed E-state index contributed by atoms with van der Waals surface area (Å²) in [4.78, 5) is 8.59. The Kier molecular flexibility index (Phi) is 5.63. The molecule has 100 valence electrons. The Morgan fingerprint density at radius 1 is 1.16 bits per heavy atom. The maximum absolute atomic E-state index is 6.09. The normalized spacial score (nSPS) is 10.6. The van der Waals surface area contributed by atoms with E-state index in [1.165, 1.54) is 0 Å². The first-order valence-electron chi connectivity index (χ1n) is 6.17. The van der Waals surface area contributed by atoms with Gasteiger partial charge in [-0.05, 0) is 17.4 Å². The third-order valence-corrected chi connectivity index (χ3v) is 3.68. The zero-order valence-corrected chi connectivity index (χ0v) is 12.3. The summed E-state index contributed by atoms with van der Waals surface area (Å²) in [5.74, 6) is 0.990. The maximum Gasteiger partial charge on any atom is 0.187 e. The number of hydrogen-bond acceptors (Lipinski definition) is 4. The Bertz CT molecular complexity index is 516. The van der Waals surface area contributed by atoms with Gasteiger partial charge >= 0.3 is 0 Å². The fourth-order valence-corrected chi connectivity index (χ4v) is 2.34. The van der Waals surface area contributed by atoms with Gasteiger partial charge in [-0.25, -0.2) is 9.97 Å². The third-order valence-electron chi connectivity index (χ3n) is 2.56. The van der Waals surface area contributed by atoms with Crippen LogP contribution in [0, 0.1) is 0 Å². The molecule has 0 fully saturated rings. The summed E-state index contributed by atoms with van der Waals surface area (Å²) in [6, 6.07) is 7.85. The minimum atomic E-state index is 0.738. The first kappa shape index (κ1) is 14.3. The molecule has 0 bridgehead atoms. The SMILES string of the molecule is CCSc1ncc(CNCc2ccccc2Cl)cn1. The van der Waals surface area contributed by atoms with Gasteiger partial charge in [0.05, 0.1) is 0 Å². The Hall–Kier alpha value is -1.10. The van der Waals surface area contributed by atoms with Crippen LogP contribution in [0.1, 0.15) is 18.1 Å². The summed E-state index contributed by atoms with van der Waals surface area (Å²) in [7, 11) is 0. The highest BCUT2D eigenvalue weighted by Crippen LogP contribution is 2.14. The maximum atomic E-state index is 6.09. The summed E-state index contributed by atoms with van der Waals surface area (Å²) < 4.78 is 0. The molecule has 0 radical (unpaired) electrons. The molecule has 0 aliphatic carbocycles. The second-order valence-electron chi connectivity index (χ2n) is 4.00. The predicted molar refractivity (Wildman–Crippen MR) is 80.4 cm³/mol. The lowest BCUT2D eigenvalue weighted by molar-refractivity contribution is 0.685. The second kappa shape index (κ2) is 7.48. The standard InChI is InChI=1S/C14H16ClN3S/c1-2-19-14-17-8-11(9-18-14)7-16-10-12-5-3-4-6-13(12)15/h3-6,8-9,16H,2,7,10H2,1H3. The second-order valence-corrected chi connectivity index (χ2v) is 5.64. The lowest BCUT2D eigenvalue weighted by atomic mass is 10.2. The smallest absolute Gasteiger partial charge is 0.187 e. The quantitative estimate of drug-likeness (QED) is 0.653. The van der Waals surface area contributed by atoms with Crippen LogP contribution in [0.4, 0.5) is 0 Å². The van der Waals surface area contributed by atoms with Gasteiger partial charge < -0.3 is 5.32 Å². The number of thioether (sulfide) groups is 1. The van der Waals surface area contributed by atoms with Gasteiger partial charge in [0.15, 0.2) is 5.16 Å². The van der Waals surface area contributed by atoms with Gasteiger partial charge in [0.25, 0.3) is 0 Å².